The van der Waals surface area contributed by atoms with Gasteiger partial charge in [0.05, 0.1) is 13.2 Å². The summed E-state index contributed by atoms with van der Waals surface area (Å²) in [6.07, 6.45) is 2.62. The molecular weight excluding hydrogens is 330 g/mol. The van der Waals surface area contributed by atoms with Gasteiger partial charge in [-0.25, -0.2) is 4.79 Å². The largest absolute Gasteiger partial charge is 0.378 e. The number of urea groups is 1. The molecule has 0 radical (unpaired) electrons. The van der Waals surface area contributed by atoms with Crippen LogP contribution in [-0.2, 0) is 9.53 Å². The summed E-state index contributed by atoms with van der Waals surface area (Å²) in [7, 11) is 0. The molecule has 0 aromatic heterocycles. The third kappa shape index (κ3) is 3.85. The van der Waals surface area contributed by atoms with E-state index < -0.39 is 0 Å². The highest BCUT2D eigenvalue weighted by Crippen LogP contribution is 2.47. The highest BCUT2D eigenvalue weighted by molar-refractivity contribution is 5.83. The van der Waals surface area contributed by atoms with Crippen molar-refractivity contribution >= 4 is 11.9 Å². The SMILES string of the molecule is O=C(NC1CCN(C(=O)N2CCOCC2)CC1)[C@@H]1C[C@H]1c1ccccc1. The number of nitrogens with one attached hydrogen (secondary N) is 1. The number of morpholine rings is 1. The molecule has 1 aliphatic carbocycles. The van der Waals surface area contributed by atoms with Gasteiger partial charge < -0.3 is 19.9 Å². The van der Waals surface area contributed by atoms with Crippen LogP contribution in [0.5, 0.6) is 0 Å². The monoisotopic (exact) mass is 357 g/mol. The lowest BCUT2D eigenvalue weighted by molar-refractivity contribution is -0.123. The van der Waals surface area contributed by atoms with Gasteiger partial charge in [0.25, 0.3) is 0 Å². The van der Waals surface area contributed by atoms with Crippen molar-refractivity contribution in [3.8, 4) is 0 Å². The summed E-state index contributed by atoms with van der Waals surface area (Å²) in [4.78, 5) is 28.8. The number of benzene rings is 1. The van der Waals surface area contributed by atoms with Crippen molar-refractivity contribution in [2.45, 2.75) is 31.2 Å². The summed E-state index contributed by atoms with van der Waals surface area (Å²) in [6.45, 7) is 4.04. The maximum atomic E-state index is 12.5. The lowest BCUT2D eigenvalue weighted by Gasteiger charge is -2.37. The van der Waals surface area contributed by atoms with Crippen LogP contribution in [-0.4, -0.2) is 67.2 Å². The summed E-state index contributed by atoms with van der Waals surface area (Å²) in [5.74, 6) is 0.668. The Morgan fingerprint density at radius 3 is 2.31 bits per heavy atom. The van der Waals surface area contributed by atoms with Gasteiger partial charge in [-0.1, -0.05) is 30.3 Å². The Morgan fingerprint density at radius 1 is 0.962 bits per heavy atom. The number of rotatable bonds is 3. The summed E-state index contributed by atoms with van der Waals surface area (Å²) < 4.78 is 5.31. The number of ether oxygens (including phenoxy) is 1. The fraction of sp³-hybridized carbons (Fsp3) is 0.600. The predicted molar refractivity (Wildman–Crippen MR) is 97.8 cm³/mol. The maximum Gasteiger partial charge on any atom is 0.320 e. The van der Waals surface area contributed by atoms with E-state index in [9.17, 15) is 9.59 Å². The van der Waals surface area contributed by atoms with Crippen molar-refractivity contribution in [2.24, 2.45) is 5.92 Å². The molecule has 6 heteroatoms. The number of hydrogen-bond donors (Lipinski definition) is 1. The minimum Gasteiger partial charge on any atom is -0.378 e. The van der Waals surface area contributed by atoms with E-state index in [4.69, 9.17) is 4.74 Å². The Kier molecular flexibility index (Phi) is 5.11. The maximum absolute atomic E-state index is 12.5. The molecule has 2 aliphatic heterocycles. The summed E-state index contributed by atoms with van der Waals surface area (Å²) >= 11 is 0. The van der Waals surface area contributed by atoms with E-state index in [-0.39, 0.29) is 23.9 Å². The molecule has 1 aromatic carbocycles. The second-order valence-corrected chi connectivity index (χ2v) is 7.51. The topological polar surface area (TPSA) is 61.9 Å². The minimum atomic E-state index is 0.115. The zero-order chi connectivity index (χ0) is 17.9. The van der Waals surface area contributed by atoms with Crippen LogP contribution in [0, 0.1) is 5.92 Å². The van der Waals surface area contributed by atoms with Gasteiger partial charge in [0.1, 0.15) is 0 Å². The van der Waals surface area contributed by atoms with E-state index in [1.807, 2.05) is 28.0 Å². The van der Waals surface area contributed by atoms with Crippen LogP contribution < -0.4 is 5.32 Å². The van der Waals surface area contributed by atoms with Crippen LogP contribution in [0.25, 0.3) is 0 Å². The normalized spacial score (nSPS) is 26.5. The number of amides is 3. The molecule has 4 rings (SSSR count). The molecule has 3 aliphatic rings. The van der Waals surface area contributed by atoms with Crippen LogP contribution in [0.1, 0.15) is 30.7 Å². The standard InChI is InChI=1S/C20H27N3O3/c24-19(18-14-17(18)15-4-2-1-3-5-15)21-16-6-8-22(9-7-16)20(25)23-10-12-26-13-11-23/h1-5,16-18H,6-14H2,(H,21,24)/t17-,18+/m0/s1. The van der Waals surface area contributed by atoms with Gasteiger partial charge in [-0.05, 0) is 30.7 Å². The summed E-state index contributed by atoms with van der Waals surface area (Å²) in [6, 6.07) is 10.6. The first-order chi connectivity index (χ1) is 12.7. The van der Waals surface area contributed by atoms with E-state index in [2.05, 4.69) is 17.4 Å². The first kappa shape index (κ1) is 17.3. The van der Waals surface area contributed by atoms with Crippen LogP contribution in [0.3, 0.4) is 0 Å². The highest BCUT2D eigenvalue weighted by atomic mass is 16.5. The average Bonchev–Trinajstić information content (AvgIpc) is 3.50. The number of piperidine rings is 1. The fourth-order valence-electron chi connectivity index (χ4n) is 4.03. The Balaban J connectivity index is 1.22. The fourth-order valence-corrected chi connectivity index (χ4v) is 4.03. The van der Waals surface area contributed by atoms with Crippen molar-refractivity contribution in [3.05, 3.63) is 35.9 Å². The molecule has 2 atom stereocenters. The third-order valence-corrected chi connectivity index (χ3v) is 5.75. The second-order valence-electron chi connectivity index (χ2n) is 7.51. The number of nitrogens with zero attached hydrogens (tertiary/aromatic N) is 2. The Labute approximate surface area is 154 Å². The molecule has 140 valence electrons. The molecule has 2 saturated heterocycles. The van der Waals surface area contributed by atoms with Crippen molar-refractivity contribution in [1.82, 2.24) is 15.1 Å². The Morgan fingerprint density at radius 2 is 1.62 bits per heavy atom. The van der Waals surface area contributed by atoms with Crippen LogP contribution in [0.4, 0.5) is 4.79 Å². The van der Waals surface area contributed by atoms with Gasteiger partial charge in [0.2, 0.25) is 5.91 Å². The van der Waals surface area contributed by atoms with E-state index in [0.29, 0.717) is 45.3 Å². The van der Waals surface area contributed by atoms with Crippen molar-refractivity contribution < 1.29 is 14.3 Å². The zero-order valence-corrected chi connectivity index (χ0v) is 15.1. The van der Waals surface area contributed by atoms with E-state index in [0.717, 1.165) is 19.3 Å². The number of carbonyl (C=O) groups excluding carboxylic acids is 2. The zero-order valence-electron chi connectivity index (χ0n) is 15.1. The van der Waals surface area contributed by atoms with Crippen molar-refractivity contribution in [1.29, 1.82) is 0 Å². The lowest BCUT2D eigenvalue weighted by Crippen LogP contribution is -2.53. The number of carbonyl (C=O) groups is 2. The predicted octanol–water partition coefficient (Wildman–Crippen LogP) is 1.82. The van der Waals surface area contributed by atoms with Crippen LogP contribution >= 0.6 is 0 Å². The van der Waals surface area contributed by atoms with Crippen molar-refractivity contribution in [3.63, 3.8) is 0 Å². The van der Waals surface area contributed by atoms with Gasteiger partial charge in [0, 0.05) is 38.1 Å². The van der Waals surface area contributed by atoms with E-state index in [1.165, 1.54) is 5.56 Å². The van der Waals surface area contributed by atoms with Crippen LogP contribution in [0.15, 0.2) is 30.3 Å². The Bertz CT molecular complexity index is 637. The highest BCUT2D eigenvalue weighted by Gasteiger charge is 2.44. The second kappa shape index (κ2) is 7.66. The molecule has 0 bridgehead atoms. The third-order valence-electron chi connectivity index (χ3n) is 5.75. The van der Waals surface area contributed by atoms with Gasteiger partial charge in [-0.15, -0.1) is 0 Å². The molecule has 26 heavy (non-hydrogen) atoms. The van der Waals surface area contributed by atoms with Gasteiger partial charge in [0.15, 0.2) is 0 Å². The summed E-state index contributed by atoms with van der Waals surface area (Å²) in [5.41, 5.74) is 1.26. The molecule has 0 unspecified atom stereocenters. The van der Waals surface area contributed by atoms with Crippen molar-refractivity contribution in [2.75, 3.05) is 39.4 Å². The van der Waals surface area contributed by atoms with E-state index in [1.54, 1.807) is 0 Å². The molecular formula is C20H27N3O3. The number of hydrogen-bond acceptors (Lipinski definition) is 3. The lowest BCUT2D eigenvalue weighted by atomic mass is 10.0. The van der Waals surface area contributed by atoms with Gasteiger partial charge >= 0.3 is 6.03 Å². The van der Waals surface area contributed by atoms with Crippen LogP contribution in [0.2, 0.25) is 0 Å². The van der Waals surface area contributed by atoms with Gasteiger partial charge in [-0.3, -0.25) is 4.79 Å². The smallest absolute Gasteiger partial charge is 0.320 e. The minimum absolute atomic E-state index is 0.115. The summed E-state index contributed by atoms with van der Waals surface area (Å²) in [5, 5.41) is 3.21. The molecule has 1 aromatic rings. The van der Waals surface area contributed by atoms with Gasteiger partial charge in [-0.2, -0.15) is 0 Å². The average molecular weight is 357 g/mol. The molecule has 6 nitrogen and oxygen atoms in total. The van der Waals surface area contributed by atoms with E-state index >= 15 is 0 Å². The molecule has 1 saturated carbocycles. The quantitative estimate of drug-likeness (QED) is 0.898. The molecule has 3 fully saturated rings. The first-order valence-corrected chi connectivity index (χ1v) is 9.69. The molecule has 0 spiro atoms. The first-order valence-electron chi connectivity index (χ1n) is 9.69. The molecule has 1 N–H and O–H groups in total. The molecule has 2 heterocycles. The Hall–Kier alpha value is -2.08. The number of likely N-dealkylation sites (tertiary alicyclic amines) is 1. The molecule has 3 amide bonds.